The van der Waals surface area contributed by atoms with Crippen LogP contribution in [0, 0.1) is 12.7 Å². The lowest BCUT2D eigenvalue weighted by Crippen LogP contribution is -2.18. The molecule has 6 nitrogen and oxygen atoms in total. The van der Waals surface area contributed by atoms with Gasteiger partial charge in [0.25, 0.3) is 10.0 Å². The van der Waals surface area contributed by atoms with Gasteiger partial charge in [-0.15, -0.1) is 9.19 Å². The minimum absolute atomic E-state index is 0.0822. The summed E-state index contributed by atoms with van der Waals surface area (Å²) < 4.78 is 40.5. The van der Waals surface area contributed by atoms with Gasteiger partial charge in [-0.25, -0.2) is 4.39 Å². The minimum atomic E-state index is -3.96. The van der Waals surface area contributed by atoms with Gasteiger partial charge in [-0.05, 0) is 36.8 Å². The number of halogens is 1. The van der Waals surface area contributed by atoms with Gasteiger partial charge in [0.2, 0.25) is 5.95 Å². The summed E-state index contributed by atoms with van der Waals surface area (Å²) in [5.74, 6) is 0.0295. The van der Waals surface area contributed by atoms with E-state index in [1.165, 1.54) is 24.3 Å². The van der Waals surface area contributed by atoms with Crippen LogP contribution in [0.15, 0.2) is 83.8 Å². The Hall–Kier alpha value is -3.52. The van der Waals surface area contributed by atoms with Gasteiger partial charge in [-0.1, -0.05) is 60.2 Å². The highest BCUT2D eigenvalue weighted by Crippen LogP contribution is 2.23. The van der Waals surface area contributed by atoms with E-state index in [9.17, 15) is 12.8 Å². The Morgan fingerprint density at radius 3 is 2.27 bits per heavy atom. The van der Waals surface area contributed by atoms with Crippen LogP contribution in [0.25, 0.3) is 11.4 Å². The predicted octanol–water partition coefficient (Wildman–Crippen LogP) is 4.24. The fraction of sp³-hybridized carbons (Fsp3) is 0.0909. The summed E-state index contributed by atoms with van der Waals surface area (Å²) in [5.41, 5.74) is 2.42. The zero-order chi connectivity index (χ0) is 21.1. The number of anilines is 1. The molecule has 1 heterocycles. The Labute approximate surface area is 174 Å². The standard InChI is InChI=1S/C22H19FN4O2S/c1-16-7-13-20(14-8-16)30(28,29)27-22(24-15-17-9-11-19(23)12-10-17)25-21(26-27)18-5-3-2-4-6-18/h2-14H,15H2,1H3,(H,24,25,26). The van der Waals surface area contributed by atoms with E-state index >= 15 is 0 Å². The van der Waals surface area contributed by atoms with Gasteiger partial charge in [0.05, 0.1) is 4.90 Å². The minimum Gasteiger partial charge on any atom is -0.349 e. The van der Waals surface area contributed by atoms with Crippen molar-refractivity contribution >= 4 is 16.0 Å². The predicted molar refractivity (Wildman–Crippen MR) is 113 cm³/mol. The maximum Gasteiger partial charge on any atom is 0.286 e. The number of nitrogens with zero attached hydrogens (tertiary/aromatic N) is 3. The van der Waals surface area contributed by atoms with Gasteiger partial charge in [0.1, 0.15) is 5.82 Å². The lowest BCUT2D eigenvalue weighted by Gasteiger charge is -2.09. The van der Waals surface area contributed by atoms with Crippen molar-refractivity contribution in [3.8, 4) is 11.4 Å². The molecule has 0 amide bonds. The third-order valence-electron chi connectivity index (χ3n) is 4.52. The maximum absolute atomic E-state index is 13.2. The zero-order valence-corrected chi connectivity index (χ0v) is 17.0. The summed E-state index contributed by atoms with van der Waals surface area (Å²) in [6.45, 7) is 2.14. The molecule has 0 spiro atoms. The number of hydrogen-bond acceptors (Lipinski definition) is 5. The highest BCUT2D eigenvalue weighted by atomic mass is 32.2. The fourth-order valence-electron chi connectivity index (χ4n) is 2.88. The normalized spacial score (nSPS) is 11.4. The molecule has 3 aromatic carbocycles. The topological polar surface area (TPSA) is 76.9 Å². The SMILES string of the molecule is Cc1ccc(S(=O)(=O)n2nc(-c3ccccc3)nc2NCc2ccc(F)cc2)cc1. The van der Waals surface area contributed by atoms with Crippen LogP contribution in [0.3, 0.4) is 0 Å². The second-order valence-electron chi connectivity index (χ2n) is 6.77. The summed E-state index contributed by atoms with van der Waals surface area (Å²) in [6, 6.07) is 21.6. The first-order valence-electron chi connectivity index (χ1n) is 9.26. The molecule has 1 N–H and O–H groups in total. The van der Waals surface area contributed by atoms with Crippen LogP contribution in [-0.4, -0.2) is 22.6 Å². The van der Waals surface area contributed by atoms with E-state index in [0.29, 0.717) is 5.56 Å². The first-order chi connectivity index (χ1) is 14.4. The summed E-state index contributed by atoms with van der Waals surface area (Å²) in [6.07, 6.45) is 0. The highest BCUT2D eigenvalue weighted by Gasteiger charge is 2.24. The molecule has 4 rings (SSSR count). The van der Waals surface area contributed by atoms with Gasteiger partial charge < -0.3 is 5.32 Å². The molecule has 152 valence electrons. The van der Waals surface area contributed by atoms with E-state index in [4.69, 9.17) is 0 Å². The Morgan fingerprint density at radius 2 is 1.60 bits per heavy atom. The van der Waals surface area contributed by atoms with E-state index in [0.717, 1.165) is 15.2 Å². The fourth-order valence-corrected chi connectivity index (χ4v) is 4.07. The molecule has 0 saturated heterocycles. The van der Waals surface area contributed by atoms with Crippen LogP contribution in [0.5, 0.6) is 0 Å². The number of hydrogen-bond donors (Lipinski definition) is 1. The molecule has 0 aliphatic carbocycles. The molecule has 0 aliphatic heterocycles. The Morgan fingerprint density at radius 1 is 0.933 bits per heavy atom. The van der Waals surface area contributed by atoms with Gasteiger partial charge in [0.15, 0.2) is 5.82 Å². The molecule has 4 aromatic rings. The van der Waals surface area contributed by atoms with Crippen LogP contribution >= 0.6 is 0 Å². The van der Waals surface area contributed by atoms with Crippen molar-refractivity contribution < 1.29 is 12.8 Å². The van der Waals surface area contributed by atoms with E-state index in [1.54, 1.807) is 24.3 Å². The van der Waals surface area contributed by atoms with Crippen LogP contribution < -0.4 is 5.32 Å². The molecule has 0 saturated carbocycles. The van der Waals surface area contributed by atoms with Crippen molar-refractivity contribution in [2.24, 2.45) is 0 Å². The zero-order valence-electron chi connectivity index (χ0n) is 16.2. The molecule has 0 unspecified atom stereocenters. The van der Waals surface area contributed by atoms with Crippen molar-refractivity contribution in [3.05, 3.63) is 95.8 Å². The van der Waals surface area contributed by atoms with E-state index in [2.05, 4.69) is 15.4 Å². The third kappa shape index (κ3) is 4.08. The average molecular weight is 422 g/mol. The molecule has 8 heteroatoms. The van der Waals surface area contributed by atoms with Gasteiger partial charge >= 0.3 is 0 Å². The molecule has 0 atom stereocenters. The number of rotatable bonds is 6. The quantitative estimate of drug-likeness (QED) is 0.503. The second-order valence-corrected chi connectivity index (χ2v) is 8.53. The van der Waals surface area contributed by atoms with Crippen molar-refractivity contribution in [1.29, 1.82) is 0 Å². The molecule has 0 aliphatic rings. The monoisotopic (exact) mass is 422 g/mol. The van der Waals surface area contributed by atoms with Crippen molar-refractivity contribution in [1.82, 2.24) is 14.2 Å². The van der Waals surface area contributed by atoms with Crippen LogP contribution in [0.1, 0.15) is 11.1 Å². The summed E-state index contributed by atoms with van der Waals surface area (Å²) in [7, 11) is -3.96. The lowest BCUT2D eigenvalue weighted by molar-refractivity contribution is 0.580. The van der Waals surface area contributed by atoms with Crippen LogP contribution in [0.2, 0.25) is 0 Å². The second kappa shape index (κ2) is 8.08. The van der Waals surface area contributed by atoms with Crippen molar-refractivity contribution in [2.75, 3.05) is 5.32 Å². The molecule has 30 heavy (non-hydrogen) atoms. The smallest absolute Gasteiger partial charge is 0.286 e. The maximum atomic E-state index is 13.2. The summed E-state index contributed by atoms with van der Waals surface area (Å²) >= 11 is 0. The Kier molecular flexibility index (Phi) is 5.33. The Balaban J connectivity index is 1.74. The molecular weight excluding hydrogens is 403 g/mol. The lowest BCUT2D eigenvalue weighted by atomic mass is 10.2. The van der Waals surface area contributed by atoms with Gasteiger partial charge in [-0.2, -0.15) is 13.4 Å². The highest BCUT2D eigenvalue weighted by molar-refractivity contribution is 7.90. The number of aromatic nitrogens is 3. The largest absolute Gasteiger partial charge is 0.349 e. The van der Waals surface area contributed by atoms with E-state index < -0.39 is 10.0 Å². The van der Waals surface area contributed by atoms with Crippen molar-refractivity contribution in [3.63, 3.8) is 0 Å². The van der Waals surface area contributed by atoms with Gasteiger partial charge in [0, 0.05) is 12.1 Å². The van der Waals surface area contributed by atoms with Crippen LogP contribution in [0.4, 0.5) is 10.3 Å². The number of nitrogens with one attached hydrogen (secondary N) is 1. The van der Waals surface area contributed by atoms with Gasteiger partial charge in [-0.3, -0.25) is 0 Å². The molecule has 1 aromatic heterocycles. The van der Waals surface area contributed by atoms with Crippen molar-refractivity contribution in [2.45, 2.75) is 18.4 Å². The first kappa shape index (κ1) is 19.8. The molecule has 0 fully saturated rings. The van der Waals surface area contributed by atoms with Crippen LogP contribution in [-0.2, 0) is 16.6 Å². The summed E-state index contributed by atoms with van der Waals surface area (Å²) in [5, 5.41) is 7.29. The molecule has 0 bridgehead atoms. The summed E-state index contributed by atoms with van der Waals surface area (Å²) in [4.78, 5) is 4.52. The first-order valence-corrected chi connectivity index (χ1v) is 10.7. The molecule has 0 radical (unpaired) electrons. The third-order valence-corrected chi connectivity index (χ3v) is 6.10. The average Bonchev–Trinajstić information content (AvgIpc) is 3.20. The molecular formula is C22H19FN4O2S. The number of benzene rings is 3. The van der Waals surface area contributed by atoms with E-state index in [-0.39, 0.29) is 29.0 Å². The van der Waals surface area contributed by atoms with E-state index in [1.807, 2.05) is 37.3 Å². The number of aryl methyl sites for hydroxylation is 1. The Bertz CT molecular complexity index is 1250.